The van der Waals surface area contributed by atoms with Gasteiger partial charge in [0.2, 0.25) is 0 Å². The summed E-state index contributed by atoms with van der Waals surface area (Å²) in [5.41, 5.74) is 0.306. The first kappa shape index (κ1) is 15.3. The van der Waals surface area contributed by atoms with E-state index in [0.717, 1.165) is 18.6 Å². The monoisotopic (exact) mass is 267 g/mol. The van der Waals surface area contributed by atoms with Crippen LogP contribution in [0, 0.1) is 5.92 Å². The van der Waals surface area contributed by atoms with Crippen molar-refractivity contribution in [2.24, 2.45) is 5.92 Å². The number of nitrogens with one attached hydrogen (secondary N) is 1. The molecule has 0 bridgehead atoms. The third kappa shape index (κ3) is 4.19. The van der Waals surface area contributed by atoms with Crippen LogP contribution in [0.25, 0.3) is 0 Å². The topological polar surface area (TPSA) is 21.3 Å². The van der Waals surface area contributed by atoms with Crippen LogP contribution in [0.1, 0.15) is 77.6 Å². The van der Waals surface area contributed by atoms with E-state index in [1.165, 1.54) is 70.6 Å². The molecule has 0 radical (unpaired) electrons. The van der Waals surface area contributed by atoms with Crippen LogP contribution in [0.3, 0.4) is 0 Å². The second-order valence-corrected chi connectivity index (χ2v) is 6.74. The van der Waals surface area contributed by atoms with Gasteiger partial charge in [-0.15, -0.1) is 0 Å². The maximum Gasteiger partial charge on any atom is 0.0685 e. The van der Waals surface area contributed by atoms with Crippen molar-refractivity contribution < 1.29 is 4.74 Å². The Hall–Kier alpha value is -0.0800. The number of hydrogen-bond donors (Lipinski definition) is 1. The number of rotatable bonds is 8. The molecule has 2 fully saturated rings. The van der Waals surface area contributed by atoms with Gasteiger partial charge >= 0.3 is 0 Å². The minimum Gasteiger partial charge on any atom is -0.375 e. The highest BCUT2D eigenvalue weighted by atomic mass is 16.5. The molecule has 112 valence electrons. The summed E-state index contributed by atoms with van der Waals surface area (Å²) in [6.07, 6.45) is 14.9. The van der Waals surface area contributed by atoms with Gasteiger partial charge in [0, 0.05) is 12.6 Å². The summed E-state index contributed by atoms with van der Waals surface area (Å²) in [7, 11) is 2.15. The molecule has 2 heteroatoms. The Kier molecular flexibility index (Phi) is 6.15. The van der Waals surface area contributed by atoms with E-state index < -0.39 is 0 Å². The van der Waals surface area contributed by atoms with E-state index in [9.17, 15) is 0 Å². The first-order chi connectivity index (χ1) is 9.29. The predicted octanol–water partition coefficient (Wildman–Crippen LogP) is 4.28. The Bertz CT molecular complexity index is 250. The highest BCUT2D eigenvalue weighted by Crippen LogP contribution is 2.45. The van der Waals surface area contributed by atoms with Crippen LogP contribution in [-0.4, -0.2) is 25.3 Å². The summed E-state index contributed by atoms with van der Waals surface area (Å²) >= 11 is 0. The number of unbranched alkanes of at least 4 members (excludes halogenated alkanes) is 4. The minimum absolute atomic E-state index is 0.306. The van der Waals surface area contributed by atoms with E-state index in [1.807, 2.05) is 0 Å². The highest BCUT2D eigenvalue weighted by Gasteiger charge is 2.43. The quantitative estimate of drug-likeness (QED) is 0.663. The maximum absolute atomic E-state index is 6.06. The minimum atomic E-state index is 0.306. The first-order valence-corrected chi connectivity index (χ1v) is 8.61. The van der Waals surface area contributed by atoms with Crippen LogP contribution in [0.2, 0.25) is 0 Å². The molecule has 2 rings (SSSR count). The molecule has 1 saturated heterocycles. The van der Waals surface area contributed by atoms with Gasteiger partial charge in [-0.2, -0.15) is 0 Å². The van der Waals surface area contributed by atoms with Crippen molar-refractivity contribution in [2.45, 2.75) is 89.2 Å². The zero-order chi connectivity index (χ0) is 13.6. The maximum atomic E-state index is 6.06. The molecule has 1 heterocycles. The van der Waals surface area contributed by atoms with Crippen molar-refractivity contribution in [3.05, 3.63) is 0 Å². The van der Waals surface area contributed by atoms with E-state index in [2.05, 4.69) is 19.3 Å². The zero-order valence-electron chi connectivity index (χ0n) is 13.0. The van der Waals surface area contributed by atoms with Gasteiger partial charge in [0.25, 0.3) is 0 Å². The molecule has 1 spiro atoms. The van der Waals surface area contributed by atoms with Crippen molar-refractivity contribution >= 4 is 0 Å². The van der Waals surface area contributed by atoms with E-state index in [4.69, 9.17) is 4.74 Å². The molecule has 0 aromatic rings. The summed E-state index contributed by atoms with van der Waals surface area (Å²) in [6.45, 7) is 3.29. The van der Waals surface area contributed by atoms with Crippen molar-refractivity contribution in [1.29, 1.82) is 0 Å². The molecule has 2 unspecified atom stereocenters. The van der Waals surface area contributed by atoms with Crippen LogP contribution in [0.5, 0.6) is 0 Å². The average molecular weight is 267 g/mol. The second kappa shape index (κ2) is 7.64. The lowest BCUT2D eigenvalue weighted by Crippen LogP contribution is -2.49. The molecule has 2 atom stereocenters. The van der Waals surface area contributed by atoms with Gasteiger partial charge in [0.15, 0.2) is 0 Å². The molecule has 1 N–H and O–H groups in total. The lowest BCUT2D eigenvalue weighted by molar-refractivity contribution is -0.147. The fourth-order valence-electron chi connectivity index (χ4n) is 3.91. The molecular weight excluding hydrogens is 234 g/mol. The molecule has 1 saturated carbocycles. The molecule has 1 aliphatic heterocycles. The standard InChI is InChI=1S/C17H33NO/c1-3-4-5-6-7-9-16(18-2)15-10-13-19-17(14-15)11-8-12-17/h15-16,18H,3-14H2,1-2H3. The second-order valence-electron chi connectivity index (χ2n) is 6.74. The Morgan fingerprint density at radius 1 is 1.21 bits per heavy atom. The van der Waals surface area contributed by atoms with Crippen LogP contribution in [0.4, 0.5) is 0 Å². The summed E-state index contributed by atoms with van der Waals surface area (Å²) in [4.78, 5) is 0. The molecule has 0 aromatic heterocycles. The van der Waals surface area contributed by atoms with Crippen molar-refractivity contribution in [3.63, 3.8) is 0 Å². The molecule has 0 aromatic carbocycles. The van der Waals surface area contributed by atoms with Crippen molar-refractivity contribution in [2.75, 3.05) is 13.7 Å². The molecule has 2 aliphatic rings. The third-order valence-electron chi connectivity index (χ3n) is 5.35. The van der Waals surface area contributed by atoms with E-state index in [1.54, 1.807) is 0 Å². The average Bonchev–Trinajstić information content (AvgIpc) is 2.41. The van der Waals surface area contributed by atoms with Gasteiger partial charge in [-0.1, -0.05) is 39.0 Å². The molecule has 0 amide bonds. The van der Waals surface area contributed by atoms with Crippen LogP contribution in [0.15, 0.2) is 0 Å². The Morgan fingerprint density at radius 3 is 2.63 bits per heavy atom. The van der Waals surface area contributed by atoms with Gasteiger partial charge in [-0.25, -0.2) is 0 Å². The van der Waals surface area contributed by atoms with Gasteiger partial charge in [0.1, 0.15) is 0 Å². The lowest BCUT2D eigenvalue weighted by atomic mass is 9.70. The van der Waals surface area contributed by atoms with E-state index >= 15 is 0 Å². The normalized spacial score (nSPS) is 27.2. The molecule has 2 nitrogen and oxygen atoms in total. The van der Waals surface area contributed by atoms with Crippen molar-refractivity contribution in [3.8, 4) is 0 Å². The lowest BCUT2D eigenvalue weighted by Gasteiger charge is -2.48. The van der Waals surface area contributed by atoms with Gasteiger partial charge < -0.3 is 10.1 Å². The fourth-order valence-corrected chi connectivity index (χ4v) is 3.91. The Morgan fingerprint density at radius 2 is 2.00 bits per heavy atom. The Labute approximate surface area is 119 Å². The van der Waals surface area contributed by atoms with Crippen LogP contribution < -0.4 is 5.32 Å². The van der Waals surface area contributed by atoms with Crippen LogP contribution in [-0.2, 0) is 4.74 Å². The zero-order valence-corrected chi connectivity index (χ0v) is 13.0. The van der Waals surface area contributed by atoms with Gasteiger partial charge in [-0.05, 0) is 51.5 Å². The number of hydrogen-bond acceptors (Lipinski definition) is 2. The Balaban J connectivity index is 1.70. The van der Waals surface area contributed by atoms with Gasteiger partial charge in [-0.3, -0.25) is 0 Å². The predicted molar refractivity (Wildman–Crippen MR) is 81.5 cm³/mol. The van der Waals surface area contributed by atoms with E-state index in [0.29, 0.717) is 5.60 Å². The summed E-state index contributed by atoms with van der Waals surface area (Å²) < 4.78 is 6.06. The van der Waals surface area contributed by atoms with E-state index in [-0.39, 0.29) is 0 Å². The fraction of sp³-hybridized carbons (Fsp3) is 1.00. The summed E-state index contributed by atoms with van der Waals surface area (Å²) in [6, 6.07) is 0.725. The molecule has 19 heavy (non-hydrogen) atoms. The first-order valence-electron chi connectivity index (χ1n) is 8.61. The number of ether oxygens (including phenoxy) is 1. The highest BCUT2D eigenvalue weighted by molar-refractivity contribution is 4.96. The van der Waals surface area contributed by atoms with Gasteiger partial charge in [0.05, 0.1) is 5.60 Å². The smallest absolute Gasteiger partial charge is 0.0685 e. The summed E-state index contributed by atoms with van der Waals surface area (Å²) in [5, 5.41) is 3.59. The third-order valence-corrected chi connectivity index (χ3v) is 5.35. The van der Waals surface area contributed by atoms with Crippen molar-refractivity contribution in [1.82, 2.24) is 5.32 Å². The SMILES string of the molecule is CCCCCCCC(NC)C1CCOC2(CCC2)C1. The molecular formula is C17H33NO. The largest absolute Gasteiger partial charge is 0.375 e. The van der Waals surface area contributed by atoms with Crippen LogP contribution >= 0.6 is 0 Å². The molecule has 1 aliphatic carbocycles. The summed E-state index contributed by atoms with van der Waals surface area (Å²) in [5.74, 6) is 0.852.